The predicted octanol–water partition coefficient (Wildman–Crippen LogP) is 7.16. The molecular weight excluding hydrogens is 513 g/mol. The highest BCUT2D eigenvalue weighted by molar-refractivity contribution is 7.51. The molecule has 1 rings (SSSR count). The summed E-state index contributed by atoms with van der Waals surface area (Å²) in [6.07, 6.45) is 15.6. The molecular formula is C31H56NO6P. The van der Waals surface area contributed by atoms with Gasteiger partial charge in [-0.1, -0.05) is 110 Å². The molecule has 0 heterocycles. The molecule has 0 fully saturated rings. The Morgan fingerprint density at radius 3 is 1.87 bits per heavy atom. The number of ether oxygens (including phenoxy) is 1. The molecule has 0 saturated carbocycles. The zero-order chi connectivity index (χ0) is 28.9. The Hall–Kier alpha value is -1.40. The van der Waals surface area contributed by atoms with E-state index in [0.29, 0.717) is 18.9 Å². The number of carbonyl (C=O) groups excluding carboxylic acids is 1. The highest BCUT2D eigenvalue weighted by Crippen LogP contribution is 2.35. The minimum atomic E-state index is -4.42. The Morgan fingerprint density at radius 2 is 1.38 bits per heavy atom. The summed E-state index contributed by atoms with van der Waals surface area (Å²) in [4.78, 5) is 31.3. The van der Waals surface area contributed by atoms with Crippen molar-refractivity contribution in [2.45, 2.75) is 136 Å². The van der Waals surface area contributed by atoms with Crippen LogP contribution < -0.4 is 10.1 Å². The second kappa shape index (κ2) is 21.4. The maximum Gasteiger partial charge on any atom is 0.328 e. The molecule has 1 aromatic carbocycles. The zero-order valence-electron chi connectivity index (χ0n) is 24.8. The lowest BCUT2D eigenvalue weighted by molar-refractivity contribution is -0.122. The van der Waals surface area contributed by atoms with E-state index >= 15 is 0 Å². The van der Waals surface area contributed by atoms with Crippen molar-refractivity contribution in [2.75, 3.05) is 12.8 Å². The molecule has 0 aliphatic heterocycles. The number of nitrogens with one attached hydrogen (secondary N) is 1. The average molecular weight is 570 g/mol. The maximum atomic E-state index is 12.6. The van der Waals surface area contributed by atoms with E-state index in [0.717, 1.165) is 37.0 Å². The summed E-state index contributed by atoms with van der Waals surface area (Å²) in [5.74, 6) is 1.11. The van der Waals surface area contributed by atoms with Crippen LogP contribution in [0.4, 0.5) is 0 Å². The molecule has 226 valence electrons. The van der Waals surface area contributed by atoms with Crippen molar-refractivity contribution in [2.24, 2.45) is 5.92 Å². The second-order valence-corrected chi connectivity index (χ2v) is 13.2. The summed E-state index contributed by atoms with van der Waals surface area (Å²) in [7, 11) is -4.42. The standard InChI is InChI=1S/C31H56NO6P/c1-4-5-6-7-8-9-10-11-12-13-14-15-16-17-31(34)32-29(30(33)25-39(35,36)37)24-27-18-20-28(21-19-27)38-23-22-26(2)3/h18-21,26,29-30,33H,4-17,22-25H2,1-3H3,(H,32,34)(H2,35,36,37)/t29-,30?/m1/s1. The average Bonchev–Trinajstić information content (AvgIpc) is 2.86. The van der Waals surface area contributed by atoms with Gasteiger partial charge < -0.3 is 24.9 Å². The van der Waals surface area contributed by atoms with Crippen molar-refractivity contribution in [3.63, 3.8) is 0 Å². The summed E-state index contributed by atoms with van der Waals surface area (Å²) in [6.45, 7) is 7.16. The molecule has 1 aromatic rings. The number of hydrogen-bond acceptors (Lipinski definition) is 4. The topological polar surface area (TPSA) is 116 Å². The van der Waals surface area contributed by atoms with E-state index in [-0.39, 0.29) is 12.3 Å². The van der Waals surface area contributed by atoms with E-state index in [2.05, 4.69) is 26.1 Å². The van der Waals surface area contributed by atoms with Crippen molar-refractivity contribution < 1.29 is 29.0 Å². The molecule has 1 unspecified atom stereocenters. The summed E-state index contributed by atoms with van der Waals surface area (Å²) in [6, 6.07) is 6.63. The van der Waals surface area contributed by atoms with Crippen LogP contribution in [0.3, 0.4) is 0 Å². The number of benzene rings is 1. The Kier molecular flexibility index (Phi) is 19.5. The van der Waals surface area contributed by atoms with E-state index in [4.69, 9.17) is 4.74 Å². The normalized spacial score (nSPS) is 13.4. The highest BCUT2D eigenvalue weighted by Gasteiger charge is 2.28. The zero-order valence-corrected chi connectivity index (χ0v) is 25.7. The van der Waals surface area contributed by atoms with Crippen LogP contribution in [-0.2, 0) is 15.8 Å². The molecule has 0 radical (unpaired) electrons. The molecule has 7 nitrogen and oxygen atoms in total. The quantitative estimate of drug-likeness (QED) is 0.0775. The molecule has 0 saturated heterocycles. The van der Waals surface area contributed by atoms with Crippen LogP contribution in [0.2, 0.25) is 0 Å². The first-order valence-electron chi connectivity index (χ1n) is 15.3. The van der Waals surface area contributed by atoms with Crippen molar-refractivity contribution in [3.05, 3.63) is 29.8 Å². The Bertz CT molecular complexity index is 795. The van der Waals surface area contributed by atoms with Crippen molar-refractivity contribution in [3.8, 4) is 5.75 Å². The van der Waals surface area contributed by atoms with E-state index in [1.54, 1.807) is 0 Å². The summed E-state index contributed by atoms with van der Waals surface area (Å²) in [5.41, 5.74) is 0.849. The van der Waals surface area contributed by atoms with Gasteiger partial charge in [-0.25, -0.2) is 0 Å². The number of rotatable bonds is 24. The summed E-state index contributed by atoms with van der Waals surface area (Å²) in [5, 5.41) is 13.4. The second-order valence-electron chi connectivity index (χ2n) is 11.5. The lowest BCUT2D eigenvalue weighted by atomic mass is 10.0. The number of hydrogen-bond donors (Lipinski definition) is 4. The van der Waals surface area contributed by atoms with E-state index in [9.17, 15) is 24.3 Å². The fourth-order valence-electron chi connectivity index (χ4n) is 4.62. The molecule has 4 N–H and O–H groups in total. The van der Waals surface area contributed by atoms with Gasteiger partial charge in [0.2, 0.25) is 5.91 Å². The van der Waals surface area contributed by atoms with Crippen molar-refractivity contribution >= 4 is 13.5 Å². The molecule has 39 heavy (non-hydrogen) atoms. The van der Waals surface area contributed by atoms with Crippen molar-refractivity contribution in [1.82, 2.24) is 5.32 Å². The Balaban J connectivity index is 2.38. The van der Waals surface area contributed by atoms with Gasteiger partial charge in [0.15, 0.2) is 0 Å². The third kappa shape index (κ3) is 20.2. The molecule has 0 aliphatic rings. The minimum absolute atomic E-state index is 0.193. The van der Waals surface area contributed by atoms with Gasteiger partial charge in [-0.2, -0.15) is 0 Å². The monoisotopic (exact) mass is 569 g/mol. The predicted molar refractivity (Wildman–Crippen MR) is 160 cm³/mol. The van der Waals surface area contributed by atoms with Crippen LogP contribution in [0.25, 0.3) is 0 Å². The number of unbranched alkanes of at least 4 members (excludes halogenated alkanes) is 12. The first-order chi connectivity index (χ1) is 18.6. The Labute approximate surface area is 237 Å². The van der Waals surface area contributed by atoms with Crippen molar-refractivity contribution in [1.29, 1.82) is 0 Å². The highest BCUT2D eigenvalue weighted by atomic mass is 31.2. The van der Waals surface area contributed by atoms with Gasteiger partial charge in [-0.3, -0.25) is 9.36 Å². The van der Waals surface area contributed by atoms with E-state index in [1.165, 1.54) is 64.2 Å². The molecule has 0 spiro atoms. The van der Waals surface area contributed by atoms with Crippen LogP contribution in [0, 0.1) is 5.92 Å². The number of aliphatic hydroxyl groups is 1. The molecule has 2 atom stereocenters. The van der Waals surface area contributed by atoms with E-state index < -0.39 is 25.9 Å². The molecule has 1 amide bonds. The fraction of sp³-hybridized carbons (Fsp3) is 0.774. The third-order valence-electron chi connectivity index (χ3n) is 7.09. The lowest BCUT2D eigenvalue weighted by Crippen LogP contribution is -2.46. The van der Waals surface area contributed by atoms with Gasteiger partial charge >= 0.3 is 7.60 Å². The SMILES string of the molecule is CCCCCCCCCCCCCCCC(=O)N[C@H](Cc1ccc(OCCC(C)C)cc1)C(O)CP(=O)(O)O. The third-order valence-corrected chi connectivity index (χ3v) is 7.94. The van der Waals surface area contributed by atoms with Crippen LogP contribution in [0.1, 0.15) is 123 Å². The van der Waals surface area contributed by atoms with E-state index in [1.807, 2.05) is 24.3 Å². The lowest BCUT2D eigenvalue weighted by Gasteiger charge is -2.25. The molecule has 0 aromatic heterocycles. The molecule has 0 aliphatic carbocycles. The summed E-state index contributed by atoms with van der Waals surface area (Å²) >= 11 is 0. The minimum Gasteiger partial charge on any atom is -0.494 e. The number of carbonyl (C=O) groups is 1. The first-order valence-corrected chi connectivity index (χ1v) is 17.1. The summed E-state index contributed by atoms with van der Waals surface area (Å²) < 4.78 is 17.2. The first kappa shape index (κ1) is 35.6. The van der Waals surface area contributed by atoms with Gasteiger partial charge in [0.05, 0.1) is 24.9 Å². The molecule has 0 bridgehead atoms. The van der Waals surface area contributed by atoms with Gasteiger partial charge in [0, 0.05) is 6.42 Å². The smallest absolute Gasteiger partial charge is 0.328 e. The van der Waals surface area contributed by atoms with Crippen LogP contribution in [0.15, 0.2) is 24.3 Å². The van der Waals surface area contributed by atoms with Gasteiger partial charge in [0.1, 0.15) is 5.75 Å². The number of aliphatic hydroxyl groups excluding tert-OH is 1. The van der Waals surface area contributed by atoms with Crippen LogP contribution in [0.5, 0.6) is 5.75 Å². The maximum absolute atomic E-state index is 12.6. The van der Waals surface area contributed by atoms with Gasteiger partial charge in [-0.05, 0) is 42.9 Å². The largest absolute Gasteiger partial charge is 0.494 e. The van der Waals surface area contributed by atoms with Gasteiger partial charge in [-0.15, -0.1) is 0 Å². The Morgan fingerprint density at radius 1 is 0.872 bits per heavy atom. The van der Waals surface area contributed by atoms with Crippen LogP contribution >= 0.6 is 7.60 Å². The van der Waals surface area contributed by atoms with Gasteiger partial charge in [0.25, 0.3) is 0 Å². The molecule has 8 heteroatoms. The number of amides is 1. The fourth-order valence-corrected chi connectivity index (χ4v) is 5.37. The van der Waals surface area contributed by atoms with Crippen LogP contribution in [-0.4, -0.2) is 45.7 Å².